The fourth-order valence-corrected chi connectivity index (χ4v) is 4.65. The second kappa shape index (κ2) is 12.4. The molecule has 0 saturated carbocycles. The first-order chi connectivity index (χ1) is 18.2. The van der Waals surface area contributed by atoms with E-state index in [-0.39, 0.29) is 43.8 Å². The molecule has 2 aliphatic rings. The molecule has 4 unspecified atom stereocenters. The van der Waals surface area contributed by atoms with Gasteiger partial charge in [-0.3, -0.25) is 0 Å². The quantitative estimate of drug-likeness (QED) is 0.161. The Hall–Kier alpha value is -3.42. The lowest BCUT2D eigenvalue weighted by molar-refractivity contribution is 0.0300. The summed E-state index contributed by atoms with van der Waals surface area (Å²) in [6, 6.07) is 11.5. The molecule has 4 atom stereocenters. The highest BCUT2D eigenvalue weighted by molar-refractivity contribution is 5.94. The van der Waals surface area contributed by atoms with Crippen LogP contribution in [0, 0.1) is 18.9 Å². The van der Waals surface area contributed by atoms with Crippen LogP contribution in [-0.4, -0.2) is 60.6 Å². The van der Waals surface area contributed by atoms with E-state index in [4.69, 9.17) is 14.2 Å². The Morgan fingerprint density at radius 2 is 1.89 bits per heavy atom. The van der Waals surface area contributed by atoms with E-state index >= 15 is 0 Å². The van der Waals surface area contributed by atoms with Gasteiger partial charge in [-0.15, -0.1) is 0 Å². The summed E-state index contributed by atoms with van der Waals surface area (Å²) in [5, 5.41) is 27.2. The second-order valence-corrected chi connectivity index (χ2v) is 9.76. The van der Waals surface area contributed by atoms with Gasteiger partial charge in [0.05, 0.1) is 36.5 Å². The summed E-state index contributed by atoms with van der Waals surface area (Å²) in [6.07, 6.45) is -1.03. The van der Waals surface area contributed by atoms with Gasteiger partial charge in [0, 0.05) is 30.6 Å². The maximum atomic E-state index is 11.9. The number of aliphatic hydroxyl groups excluding tert-OH is 2. The molecule has 0 bridgehead atoms. The summed E-state index contributed by atoms with van der Waals surface area (Å²) in [4.78, 5) is 23.6. The molecule has 0 saturated heterocycles. The zero-order chi connectivity index (χ0) is 27.2. The Balaban J connectivity index is 1.14. The Morgan fingerprint density at radius 1 is 1.11 bits per heavy atom. The Bertz CT molecular complexity index is 1250. The monoisotopic (exact) mass is 522 g/mol. The summed E-state index contributed by atoms with van der Waals surface area (Å²) in [7, 11) is 0. The SMILES string of the molecule is Cc1c(C(O)CNC(C)COCC#CNCC(O)c2ccc3c(c2)CC(C)OC3=O)ccc2c1COC2=O. The van der Waals surface area contributed by atoms with E-state index in [1.54, 1.807) is 24.3 Å². The highest BCUT2D eigenvalue weighted by atomic mass is 16.5. The smallest absolute Gasteiger partial charge is 0.338 e. The van der Waals surface area contributed by atoms with Crippen LogP contribution in [-0.2, 0) is 27.2 Å². The molecule has 0 aromatic heterocycles. The number of benzene rings is 2. The molecule has 2 aromatic rings. The van der Waals surface area contributed by atoms with Crippen LogP contribution in [0.4, 0.5) is 0 Å². The van der Waals surface area contributed by atoms with Crippen molar-refractivity contribution in [1.29, 1.82) is 0 Å². The molecular weight excluding hydrogens is 488 g/mol. The number of carbonyl (C=O) groups excluding carboxylic acids is 2. The number of rotatable bonds is 10. The lowest BCUT2D eigenvalue weighted by Crippen LogP contribution is -2.34. The van der Waals surface area contributed by atoms with Gasteiger partial charge in [0.25, 0.3) is 0 Å². The predicted molar refractivity (Wildman–Crippen MR) is 139 cm³/mol. The molecule has 0 radical (unpaired) electrons. The fourth-order valence-electron chi connectivity index (χ4n) is 4.65. The van der Waals surface area contributed by atoms with E-state index in [1.165, 1.54) is 0 Å². The molecule has 0 fully saturated rings. The van der Waals surface area contributed by atoms with Crippen LogP contribution < -0.4 is 10.6 Å². The minimum absolute atomic E-state index is 0.00937. The first-order valence-corrected chi connectivity index (χ1v) is 12.8. The van der Waals surface area contributed by atoms with E-state index < -0.39 is 12.2 Å². The summed E-state index contributed by atoms with van der Waals surface area (Å²) >= 11 is 0. The van der Waals surface area contributed by atoms with Crippen molar-refractivity contribution in [2.24, 2.45) is 0 Å². The molecule has 9 nitrogen and oxygen atoms in total. The number of cyclic esters (lactones) is 2. The fraction of sp³-hybridized carbons (Fsp3) is 0.448. The molecule has 2 heterocycles. The van der Waals surface area contributed by atoms with Crippen molar-refractivity contribution < 1.29 is 34.0 Å². The van der Waals surface area contributed by atoms with Crippen molar-refractivity contribution in [2.75, 3.05) is 26.3 Å². The van der Waals surface area contributed by atoms with Crippen LogP contribution in [0.25, 0.3) is 0 Å². The van der Waals surface area contributed by atoms with Crippen molar-refractivity contribution >= 4 is 11.9 Å². The Labute approximate surface area is 222 Å². The molecule has 2 aliphatic heterocycles. The maximum absolute atomic E-state index is 11.9. The number of carbonyl (C=O) groups is 2. The van der Waals surface area contributed by atoms with Crippen LogP contribution in [0.3, 0.4) is 0 Å². The van der Waals surface area contributed by atoms with Crippen LogP contribution in [0.2, 0.25) is 0 Å². The van der Waals surface area contributed by atoms with Gasteiger partial charge >= 0.3 is 11.9 Å². The van der Waals surface area contributed by atoms with E-state index in [1.807, 2.05) is 26.8 Å². The first-order valence-electron chi connectivity index (χ1n) is 12.8. The number of hydrogen-bond acceptors (Lipinski definition) is 9. The standard InChI is InChI=1S/C29H34N2O7/c1-17(31-14-27(33)22-7-8-24-25(19(22)3)16-37-28(24)34)15-36-10-4-9-30-13-26(32)20-5-6-23-21(12-20)11-18(2)38-29(23)35/h5-8,12,17-18,26-27,30-33H,10-11,13-16H2,1-3H3. The van der Waals surface area contributed by atoms with Crippen LogP contribution in [0.15, 0.2) is 30.3 Å². The normalized spacial score (nSPS) is 18.3. The van der Waals surface area contributed by atoms with E-state index in [0.29, 0.717) is 30.7 Å². The van der Waals surface area contributed by atoms with E-state index in [2.05, 4.69) is 22.6 Å². The van der Waals surface area contributed by atoms with Gasteiger partial charge in [-0.1, -0.05) is 24.1 Å². The van der Waals surface area contributed by atoms with Crippen LogP contribution in [0.1, 0.15) is 74.6 Å². The average Bonchev–Trinajstić information content (AvgIpc) is 3.27. The number of ether oxygens (including phenoxy) is 3. The van der Waals surface area contributed by atoms with Crippen LogP contribution >= 0.6 is 0 Å². The Kier molecular flexibility index (Phi) is 9.02. The molecule has 0 amide bonds. The van der Waals surface area contributed by atoms with Crippen molar-refractivity contribution in [1.82, 2.24) is 10.6 Å². The van der Waals surface area contributed by atoms with Gasteiger partial charge < -0.3 is 35.1 Å². The second-order valence-electron chi connectivity index (χ2n) is 9.76. The molecular formula is C29H34N2O7. The van der Waals surface area contributed by atoms with Crippen molar-refractivity contribution in [2.45, 2.75) is 58.2 Å². The minimum Gasteiger partial charge on any atom is -0.459 e. The molecule has 2 aromatic carbocycles. The highest BCUT2D eigenvalue weighted by Gasteiger charge is 2.26. The lowest BCUT2D eigenvalue weighted by atomic mass is 9.95. The summed E-state index contributed by atoms with van der Waals surface area (Å²) in [5.41, 5.74) is 5.21. The van der Waals surface area contributed by atoms with Gasteiger partial charge in [0.1, 0.15) is 19.3 Å². The zero-order valence-corrected chi connectivity index (χ0v) is 21.9. The van der Waals surface area contributed by atoms with Crippen LogP contribution in [0.5, 0.6) is 0 Å². The van der Waals surface area contributed by atoms with E-state index in [9.17, 15) is 19.8 Å². The summed E-state index contributed by atoms with van der Waals surface area (Å²) in [5.74, 6) is 2.22. The average molecular weight is 523 g/mol. The van der Waals surface area contributed by atoms with Gasteiger partial charge in [-0.2, -0.15) is 0 Å². The molecule has 202 valence electrons. The predicted octanol–water partition coefficient (Wildman–Crippen LogP) is 2.08. The van der Waals surface area contributed by atoms with Gasteiger partial charge in [-0.25, -0.2) is 9.59 Å². The maximum Gasteiger partial charge on any atom is 0.338 e. The molecule has 4 N–H and O–H groups in total. The number of aliphatic hydroxyl groups is 2. The number of fused-ring (bicyclic) bond motifs is 2. The third-order valence-corrected chi connectivity index (χ3v) is 6.79. The third kappa shape index (κ3) is 6.52. The third-order valence-electron chi connectivity index (χ3n) is 6.79. The molecule has 9 heteroatoms. The molecule has 0 aliphatic carbocycles. The minimum atomic E-state index is -0.762. The Morgan fingerprint density at radius 3 is 2.71 bits per heavy atom. The topological polar surface area (TPSA) is 126 Å². The summed E-state index contributed by atoms with van der Waals surface area (Å²) < 4.78 is 15.9. The van der Waals surface area contributed by atoms with Gasteiger partial charge in [-0.05, 0) is 55.2 Å². The highest BCUT2D eigenvalue weighted by Crippen LogP contribution is 2.29. The molecule has 4 rings (SSSR count). The number of esters is 2. The van der Waals surface area contributed by atoms with Gasteiger partial charge in [0.2, 0.25) is 0 Å². The zero-order valence-electron chi connectivity index (χ0n) is 21.9. The molecule has 0 spiro atoms. The summed E-state index contributed by atoms with van der Waals surface area (Å²) in [6.45, 7) is 7.15. The largest absolute Gasteiger partial charge is 0.459 e. The first kappa shape index (κ1) is 27.6. The van der Waals surface area contributed by atoms with E-state index in [0.717, 1.165) is 27.8 Å². The number of hydrogen-bond donors (Lipinski definition) is 4. The van der Waals surface area contributed by atoms with Gasteiger partial charge in [0.15, 0.2) is 0 Å². The van der Waals surface area contributed by atoms with Crippen molar-refractivity contribution in [3.05, 3.63) is 69.3 Å². The molecule has 38 heavy (non-hydrogen) atoms. The van der Waals surface area contributed by atoms with Crippen molar-refractivity contribution in [3.8, 4) is 12.0 Å². The van der Waals surface area contributed by atoms with Crippen molar-refractivity contribution in [3.63, 3.8) is 0 Å². The number of nitrogens with one attached hydrogen (secondary N) is 2. The lowest BCUT2D eigenvalue weighted by Gasteiger charge is -2.23.